The van der Waals surface area contributed by atoms with E-state index >= 15 is 0 Å². The third-order valence-electron chi connectivity index (χ3n) is 4.22. The summed E-state index contributed by atoms with van der Waals surface area (Å²) in [6.45, 7) is 12.0. The van der Waals surface area contributed by atoms with Crippen LogP contribution in [0.1, 0.15) is 48.0 Å². The first-order valence-electron chi connectivity index (χ1n) is 7.61. The minimum Gasteiger partial charge on any atom is -0.466 e. The molecule has 0 aromatic heterocycles. The van der Waals surface area contributed by atoms with Crippen molar-refractivity contribution in [2.75, 3.05) is 13.2 Å². The molecule has 4 nitrogen and oxygen atoms in total. The first-order chi connectivity index (χ1) is 9.90. The summed E-state index contributed by atoms with van der Waals surface area (Å²) < 4.78 is 10.4. The molecule has 0 unspecified atom stereocenters. The highest BCUT2D eigenvalue weighted by Gasteiger charge is 2.42. The molecule has 1 aliphatic rings. The predicted molar refractivity (Wildman–Crippen MR) is 81.6 cm³/mol. The Morgan fingerprint density at radius 1 is 0.857 bits per heavy atom. The van der Waals surface area contributed by atoms with Crippen LogP contribution in [0.5, 0.6) is 0 Å². The topological polar surface area (TPSA) is 52.6 Å². The Morgan fingerprint density at radius 3 is 1.67 bits per heavy atom. The predicted octanol–water partition coefficient (Wildman–Crippen LogP) is 3.42. The molecule has 0 amide bonds. The molecule has 2 atom stereocenters. The van der Waals surface area contributed by atoms with Gasteiger partial charge in [-0.15, -0.1) is 0 Å². The van der Waals surface area contributed by atoms with Gasteiger partial charge in [0.25, 0.3) is 0 Å². The average molecular weight is 294 g/mol. The van der Waals surface area contributed by atoms with Crippen molar-refractivity contribution >= 4 is 11.9 Å². The summed E-state index contributed by atoms with van der Waals surface area (Å²) in [5, 5.41) is 0. The molecule has 0 spiro atoms. The lowest BCUT2D eigenvalue weighted by atomic mass is 9.72. The molecule has 1 rings (SSSR count). The van der Waals surface area contributed by atoms with Crippen LogP contribution in [0.25, 0.3) is 0 Å². The Hall–Kier alpha value is -1.58. The lowest BCUT2D eigenvalue weighted by molar-refractivity contribution is -0.157. The van der Waals surface area contributed by atoms with Gasteiger partial charge in [0.15, 0.2) is 0 Å². The highest BCUT2D eigenvalue weighted by Crippen LogP contribution is 2.41. The zero-order chi connectivity index (χ0) is 16.2. The summed E-state index contributed by atoms with van der Waals surface area (Å²) in [5.41, 5.74) is 4.07. The Bertz CT molecular complexity index is 485. The van der Waals surface area contributed by atoms with E-state index in [1.54, 1.807) is 13.8 Å². The van der Waals surface area contributed by atoms with E-state index in [9.17, 15) is 9.59 Å². The molecular formula is C17H26O4. The van der Waals surface area contributed by atoms with Gasteiger partial charge in [0.1, 0.15) is 0 Å². The standard InChI is InChI=1S/C17H26O4/c1-7-13-10(4)11(5)14(16(18)20-8-2)15(12(13)6)17(19)21-9-3/h14-15H,7-9H2,1-6H3/t14-,15+/m1/s1. The van der Waals surface area contributed by atoms with Gasteiger partial charge >= 0.3 is 11.9 Å². The first kappa shape index (κ1) is 17.5. The van der Waals surface area contributed by atoms with Crippen molar-refractivity contribution in [1.82, 2.24) is 0 Å². The molecule has 0 radical (unpaired) electrons. The number of esters is 2. The van der Waals surface area contributed by atoms with Crippen molar-refractivity contribution in [2.45, 2.75) is 48.0 Å². The van der Waals surface area contributed by atoms with Crippen LogP contribution in [0.4, 0.5) is 0 Å². The summed E-state index contributed by atoms with van der Waals surface area (Å²) in [5.74, 6) is -1.82. The molecule has 0 aromatic rings. The Balaban J connectivity index is 3.34. The van der Waals surface area contributed by atoms with E-state index in [4.69, 9.17) is 9.47 Å². The zero-order valence-corrected chi connectivity index (χ0v) is 13.9. The van der Waals surface area contributed by atoms with Gasteiger partial charge in [-0.05, 0) is 52.2 Å². The molecule has 0 saturated carbocycles. The van der Waals surface area contributed by atoms with Crippen molar-refractivity contribution in [1.29, 1.82) is 0 Å². The van der Waals surface area contributed by atoms with Crippen molar-refractivity contribution in [3.8, 4) is 0 Å². The molecule has 0 saturated heterocycles. The fraction of sp³-hybridized carbons (Fsp3) is 0.647. The number of hydrogen-bond donors (Lipinski definition) is 0. The number of ether oxygens (including phenoxy) is 2. The third kappa shape index (κ3) is 3.36. The number of carbonyl (C=O) groups is 2. The van der Waals surface area contributed by atoms with Gasteiger partial charge in [0.05, 0.1) is 25.0 Å². The van der Waals surface area contributed by atoms with Crippen LogP contribution in [-0.2, 0) is 19.1 Å². The van der Waals surface area contributed by atoms with Crippen molar-refractivity contribution in [2.24, 2.45) is 11.8 Å². The Morgan fingerprint density at radius 2 is 1.29 bits per heavy atom. The van der Waals surface area contributed by atoms with Crippen LogP contribution in [0.3, 0.4) is 0 Å². The summed E-state index contributed by atoms with van der Waals surface area (Å²) in [4.78, 5) is 24.7. The van der Waals surface area contributed by atoms with Crippen LogP contribution >= 0.6 is 0 Å². The highest BCUT2D eigenvalue weighted by molar-refractivity contribution is 5.88. The maximum absolute atomic E-state index is 12.4. The Kier molecular flexibility index (Phi) is 6.19. The first-order valence-corrected chi connectivity index (χ1v) is 7.61. The van der Waals surface area contributed by atoms with E-state index in [1.807, 2.05) is 20.8 Å². The number of allylic oxidation sites excluding steroid dienone is 2. The molecule has 0 aliphatic heterocycles. The quantitative estimate of drug-likeness (QED) is 0.729. The summed E-state index contributed by atoms with van der Waals surface area (Å²) in [7, 11) is 0. The molecule has 118 valence electrons. The van der Waals surface area contributed by atoms with Crippen molar-refractivity contribution in [3.63, 3.8) is 0 Å². The number of hydrogen-bond acceptors (Lipinski definition) is 4. The maximum atomic E-state index is 12.4. The fourth-order valence-electron chi connectivity index (χ4n) is 3.09. The molecule has 0 bridgehead atoms. The average Bonchev–Trinajstić information content (AvgIpc) is 2.43. The van der Waals surface area contributed by atoms with Crippen LogP contribution in [0.2, 0.25) is 0 Å². The second-order valence-electron chi connectivity index (χ2n) is 5.28. The monoisotopic (exact) mass is 294 g/mol. The summed E-state index contributed by atoms with van der Waals surface area (Å²) in [6.07, 6.45) is 0.834. The van der Waals surface area contributed by atoms with E-state index in [-0.39, 0.29) is 11.9 Å². The number of rotatable bonds is 5. The van der Waals surface area contributed by atoms with Gasteiger partial charge in [-0.3, -0.25) is 9.59 Å². The van der Waals surface area contributed by atoms with Gasteiger partial charge in [-0.1, -0.05) is 18.1 Å². The van der Waals surface area contributed by atoms with Crippen LogP contribution in [-0.4, -0.2) is 25.2 Å². The third-order valence-corrected chi connectivity index (χ3v) is 4.22. The van der Waals surface area contributed by atoms with Crippen molar-refractivity contribution in [3.05, 3.63) is 22.3 Å². The molecule has 0 heterocycles. The smallest absolute Gasteiger partial charge is 0.314 e. The van der Waals surface area contributed by atoms with E-state index in [0.29, 0.717) is 13.2 Å². The van der Waals surface area contributed by atoms with Gasteiger partial charge in [0.2, 0.25) is 0 Å². The lowest BCUT2D eigenvalue weighted by Gasteiger charge is -2.33. The Labute approximate surface area is 127 Å². The van der Waals surface area contributed by atoms with Crippen LogP contribution in [0.15, 0.2) is 22.3 Å². The van der Waals surface area contributed by atoms with E-state index in [2.05, 4.69) is 6.92 Å². The minimum absolute atomic E-state index is 0.306. The normalized spacial score (nSPS) is 22.4. The molecule has 0 fully saturated rings. The largest absolute Gasteiger partial charge is 0.466 e. The molecule has 1 aliphatic carbocycles. The van der Waals surface area contributed by atoms with E-state index in [0.717, 1.165) is 28.7 Å². The molecule has 0 N–H and O–H groups in total. The maximum Gasteiger partial charge on any atom is 0.314 e. The van der Waals surface area contributed by atoms with E-state index in [1.165, 1.54) is 0 Å². The second-order valence-corrected chi connectivity index (χ2v) is 5.28. The second kappa shape index (κ2) is 7.43. The molecule has 21 heavy (non-hydrogen) atoms. The van der Waals surface area contributed by atoms with Crippen molar-refractivity contribution < 1.29 is 19.1 Å². The highest BCUT2D eigenvalue weighted by atomic mass is 16.5. The molecular weight excluding hydrogens is 268 g/mol. The molecule has 4 heteroatoms. The van der Waals surface area contributed by atoms with Crippen LogP contribution < -0.4 is 0 Å². The summed E-state index contributed by atoms with van der Waals surface area (Å²) >= 11 is 0. The van der Waals surface area contributed by atoms with E-state index < -0.39 is 11.8 Å². The summed E-state index contributed by atoms with van der Waals surface area (Å²) in [6, 6.07) is 0. The minimum atomic E-state index is -0.570. The fourth-order valence-corrected chi connectivity index (χ4v) is 3.09. The van der Waals surface area contributed by atoms with Gasteiger partial charge in [-0.2, -0.15) is 0 Å². The van der Waals surface area contributed by atoms with Gasteiger partial charge in [0, 0.05) is 0 Å². The van der Waals surface area contributed by atoms with Gasteiger partial charge < -0.3 is 9.47 Å². The molecule has 0 aromatic carbocycles. The zero-order valence-electron chi connectivity index (χ0n) is 13.9. The van der Waals surface area contributed by atoms with Crippen LogP contribution in [0, 0.1) is 11.8 Å². The van der Waals surface area contributed by atoms with Gasteiger partial charge in [-0.25, -0.2) is 0 Å². The SMILES string of the molecule is CCOC(=O)[C@@H]1C(C)=C(C)C(CC)=C(C)[C@@H]1C(=O)OCC. The number of carbonyl (C=O) groups excluding carboxylic acids is 2. The lowest BCUT2D eigenvalue weighted by Crippen LogP contribution is -2.37.